The highest BCUT2D eigenvalue weighted by atomic mass is 16.6. The number of carbonyl (C=O) groups excluding carboxylic acids is 4. The summed E-state index contributed by atoms with van der Waals surface area (Å²) in [5, 5.41) is 34.8. The number of likely N-dealkylation sites (tertiary alicyclic amines) is 2. The maximum Gasteiger partial charge on any atom is 0.410 e. The first-order valence-electron chi connectivity index (χ1n) is 21.2. The number of hydrogen-bond donors (Lipinski definition) is 4. The molecule has 18 heteroatoms. The number of nitriles is 2. The van der Waals surface area contributed by atoms with E-state index in [4.69, 9.17) is 20.9 Å². The molecule has 0 spiro atoms. The molecule has 0 saturated carbocycles. The number of piperidine rings is 2. The maximum absolute atomic E-state index is 12.6. The fourth-order valence-corrected chi connectivity index (χ4v) is 8.03. The summed E-state index contributed by atoms with van der Waals surface area (Å²) in [6.45, 7) is 16.6. The summed E-state index contributed by atoms with van der Waals surface area (Å²) in [4.78, 5) is 52.7. The number of carbonyl (C=O) groups is 4. The predicted molar refractivity (Wildman–Crippen MR) is 241 cm³/mol. The van der Waals surface area contributed by atoms with Gasteiger partial charge in [-0.05, 0) is 78.6 Å². The number of benzene rings is 2. The molecule has 6 rings (SSSR count). The Morgan fingerprint density at radius 2 is 1.02 bits per heavy atom. The number of nitrogens with zero attached hydrogens (tertiary/aromatic N) is 8. The van der Waals surface area contributed by atoms with Crippen LogP contribution >= 0.6 is 0 Å². The molecule has 0 bridgehead atoms. The number of para-hydroxylation sites is 2. The van der Waals surface area contributed by atoms with Crippen LogP contribution in [0.2, 0.25) is 0 Å². The lowest BCUT2D eigenvalue weighted by Crippen LogP contribution is -2.54. The predicted octanol–water partition coefficient (Wildman–Crippen LogP) is 7.22. The van der Waals surface area contributed by atoms with Gasteiger partial charge in [0.2, 0.25) is 0 Å². The van der Waals surface area contributed by atoms with E-state index in [-0.39, 0.29) is 48.0 Å². The molecule has 4 aromatic rings. The van der Waals surface area contributed by atoms with Gasteiger partial charge in [-0.2, -0.15) is 20.7 Å². The molecular formula is C46H60N12O6. The van der Waals surface area contributed by atoms with Crippen LogP contribution in [0.3, 0.4) is 0 Å². The summed E-state index contributed by atoms with van der Waals surface area (Å²) in [5.74, 6) is -0.783. The molecule has 340 valence electrons. The highest BCUT2D eigenvalue weighted by Gasteiger charge is 2.47. The van der Waals surface area contributed by atoms with E-state index in [0.717, 1.165) is 11.4 Å². The summed E-state index contributed by atoms with van der Waals surface area (Å²) in [7, 11) is 0. The molecule has 6 N–H and O–H groups in total. The molecule has 0 aliphatic carbocycles. The lowest BCUT2D eigenvalue weighted by Gasteiger charge is -2.45. The third kappa shape index (κ3) is 11.3. The van der Waals surface area contributed by atoms with Crippen molar-refractivity contribution in [1.29, 1.82) is 10.5 Å². The SMILES string of the molecule is C[C@@H]1CN(C(=O)OC(C)(C)C)CC[C@@]1(CC#N)n1cc(C(N)=O)c(Nc2ccccc2)n1.C[C@H]1CN(C(=O)OC(C)(C)C)CC[C@]1(CC#N)n1cc(C(N)=O)c(Nc2ccccc2)n1. The monoisotopic (exact) mass is 876 g/mol. The molecule has 0 unspecified atom stereocenters. The molecule has 2 aliphatic heterocycles. The molecular weight excluding hydrogens is 817 g/mol. The van der Waals surface area contributed by atoms with Gasteiger partial charge in [-0.1, -0.05) is 50.2 Å². The van der Waals surface area contributed by atoms with Crippen molar-refractivity contribution in [3.05, 3.63) is 84.2 Å². The van der Waals surface area contributed by atoms with E-state index < -0.39 is 34.1 Å². The molecule has 2 fully saturated rings. The molecule has 2 aliphatic rings. The molecule has 2 saturated heterocycles. The topological polar surface area (TPSA) is 253 Å². The van der Waals surface area contributed by atoms with Crippen LogP contribution in [0.25, 0.3) is 0 Å². The van der Waals surface area contributed by atoms with Crippen molar-refractivity contribution < 1.29 is 28.7 Å². The lowest BCUT2D eigenvalue weighted by atomic mass is 9.77. The molecule has 4 atom stereocenters. The first-order valence-corrected chi connectivity index (χ1v) is 21.2. The number of rotatable bonds is 10. The number of primary amides is 2. The van der Waals surface area contributed by atoms with E-state index >= 15 is 0 Å². The number of anilines is 4. The van der Waals surface area contributed by atoms with E-state index in [0.29, 0.717) is 50.7 Å². The first kappa shape index (κ1) is 48.0. The quantitative estimate of drug-likeness (QED) is 0.123. The minimum Gasteiger partial charge on any atom is -0.444 e. The summed E-state index contributed by atoms with van der Waals surface area (Å²) >= 11 is 0. The van der Waals surface area contributed by atoms with Gasteiger partial charge < -0.3 is 41.4 Å². The Hall–Kier alpha value is -7.08. The summed E-state index contributed by atoms with van der Waals surface area (Å²) < 4.78 is 14.4. The Labute approximate surface area is 374 Å². The lowest BCUT2D eigenvalue weighted by molar-refractivity contribution is -0.00539. The zero-order valence-corrected chi connectivity index (χ0v) is 37.9. The van der Waals surface area contributed by atoms with Gasteiger partial charge in [-0.3, -0.25) is 19.0 Å². The molecule has 64 heavy (non-hydrogen) atoms. The van der Waals surface area contributed by atoms with E-state index in [2.05, 4.69) is 33.0 Å². The summed E-state index contributed by atoms with van der Waals surface area (Å²) in [6.07, 6.45) is 3.80. The minimum atomic E-state index is -0.686. The number of nitrogens with one attached hydrogen (secondary N) is 2. The van der Waals surface area contributed by atoms with Crippen LogP contribution in [-0.2, 0) is 20.6 Å². The average Bonchev–Trinajstić information content (AvgIpc) is 3.85. The van der Waals surface area contributed by atoms with Crippen LogP contribution in [0.15, 0.2) is 73.1 Å². The second-order valence-corrected chi connectivity index (χ2v) is 18.4. The normalized spacial score (nSPS) is 21.0. The molecule has 2 aromatic heterocycles. The second kappa shape index (κ2) is 19.5. The molecule has 4 amide bonds. The van der Waals surface area contributed by atoms with Crippen molar-refractivity contribution >= 4 is 47.0 Å². The number of aromatic nitrogens is 4. The largest absolute Gasteiger partial charge is 0.444 e. The van der Waals surface area contributed by atoms with Gasteiger partial charge in [0.15, 0.2) is 11.6 Å². The van der Waals surface area contributed by atoms with Gasteiger partial charge in [0, 0.05) is 61.8 Å². The Balaban J connectivity index is 0.000000241. The van der Waals surface area contributed by atoms with E-state index in [1.165, 1.54) is 0 Å². The third-order valence-electron chi connectivity index (χ3n) is 11.5. The first-order chi connectivity index (χ1) is 30.1. The molecule has 4 heterocycles. The van der Waals surface area contributed by atoms with Crippen molar-refractivity contribution in [2.75, 3.05) is 36.8 Å². The fourth-order valence-electron chi connectivity index (χ4n) is 8.03. The summed E-state index contributed by atoms with van der Waals surface area (Å²) in [6, 6.07) is 23.2. The van der Waals surface area contributed by atoms with Crippen LogP contribution in [0.5, 0.6) is 0 Å². The molecule has 0 radical (unpaired) electrons. The summed E-state index contributed by atoms with van der Waals surface area (Å²) in [5.41, 5.74) is 10.7. The highest BCUT2D eigenvalue weighted by Crippen LogP contribution is 2.41. The standard InChI is InChI=1S/2C23H30N6O3/c2*1-16-14-28(21(31)32-22(2,3)4)13-11-23(16,10-12-24)29-15-18(19(25)30)20(27-29)26-17-8-6-5-7-9-17/h2*5-9,15-16H,10-11,13-14H2,1-4H3,(H2,25,30)(H,26,27)/t2*16-,23-/m10/s1. The van der Waals surface area contributed by atoms with Crippen LogP contribution in [0.4, 0.5) is 32.6 Å². The van der Waals surface area contributed by atoms with Crippen LogP contribution in [-0.4, -0.2) is 90.7 Å². The van der Waals surface area contributed by atoms with Crippen LogP contribution < -0.4 is 22.1 Å². The van der Waals surface area contributed by atoms with Crippen molar-refractivity contribution in [3.63, 3.8) is 0 Å². The number of amides is 4. The van der Waals surface area contributed by atoms with Gasteiger partial charge in [-0.15, -0.1) is 0 Å². The van der Waals surface area contributed by atoms with E-state index in [1.54, 1.807) is 31.6 Å². The van der Waals surface area contributed by atoms with Gasteiger partial charge in [0.1, 0.15) is 22.3 Å². The Morgan fingerprint density at radius 3 is 1.30 bits per heavy atom. The second-order valence-electron chi connectivity index (χ2n) is 18.4. The zero-order valence-electron chi connectivity index (χ0n) is 37.9. The van der Waals surface area contributed by atoms with Crippen molar-refractivity contribution in [3.8, 4) is 12.1 Å². The molecule has 2 aromatic carbocycles. The third-order valence-corrected chi connectivity index (χ3v) is 11.5. The van der Waals surface area contributed by atoms with Gasteiger partial charge >= 0.3 is 12.2 Å². The smallest absolute Gasteiger partial charge is 0.410 e. The zero-order chi connectivity index (χ0) is 47.0. The van der Waals surface area contributed by atoms with Crippen LogP contribution in [0, 0.1) is 34.5 Å². The Bertz CT molecular complexity index is 2210. The Kier molecular flexibility index (Phi) is 14.6. The average molecular weight is 877 g/mol. The molecule has 18 nitrogen and oxygen atoms in total. The van der Waals surface area contributed by atoms with Gasteiger partial charge in [0.25, 0.3) is 11.8 Å². The van der Waals surface area contributed by atoms with Crippen molar-refractivity contribution in [2.24, 2.45) is 23.3 Å². The van der Waals surface area contributed by atoms with E-state index in [1.807, 2.05) is 116 Å². The van der Waals surface area contributed by atoms with Gasteiger partial charge in [0.05, 0.1) is 36.1 Å². The van der Waals surface area contributed by atoms with E-state index in [9.17, 15) is 29.7 Å². The minimum absolute atomic E-state index is 0.117. The number of ether oxygens (including phenoxy) is 2. The highest BCUT2D eigenvalue weighted by molar-refractivity contribution is 5.98. The Morgan fingerprint density at radius 1 is 0.672 bits per heavy atom. The fraction of sp³-hybridized carbons (Fsp3) is 0.478. The van der Waals surface area contributed by atoms with Gasteiger partial charge in [-0.25, -0.2) is 9.59 Å². The number of nitrogens with two attached hydrogens (primary N) is 2. The maximum atomic E-state index is 12.6. The van der Waals surface area contributed by atoms with Crippen molar-refractivity contribution in [1.82, 2.24) is 29.4 Å². The van der Waals surface area contributed by atoms with Crippen molar-refractivity contribution in [2.45, 2.75) is 103 Å². The van der Waals surface area contributed by atoms with Crippen LogP contribution in [0.1, 0.15) is 102 Å². The number of hydrogen-bond acceptors (Lipinski definition) is 12.